The van der Waals surface area contributed by atoms with Crippen molar-refractivity contribution in [2.75, 3.05) is 10.2 Å². The van der Waals surface area contributed by atoms with E-state index in [0.717, 1.165) is 17.0 Å². The van der Waals surface area contributed by atoms with Gasteiger partial charge in [0.05, 0.1) is 12.1 Å². The Morgan fingerprint density at radius 3 is 2.25 bits per heavy atom. The minimum Gasteiger partial charge on any atom is -0.326 e. The van der Waals surface area contributed by atoms with E-state index >= 15 is 0 Å². The van der Waals surface area contributed by atoms with E-state index in [1.54, 1.807) is 24.5 Å². The van der Waals surface area contributed by atoms with Gasteiger partial charge < -0.3 is 10.2 Å². The molecule has 9 heteroatoms. The van der Waals surface area contributed by atoms with E-state index in [2.05, 4.69) is 10.3 Å². The summed E-state index contributed by atoms with van der Waals surface area (Å²) < 4.78 is 26.4. The molecule has 0 aliphatic carbocycles. The standard InChI is InChI=1S/C23H18F2N4O3/c24-16-3-7-18(8-4-16)27-21(30)12-20-22(31)29(19-9-5-17(25)6-10-19)23(32)28(20)14-15-2-1-11-26-13-15/h1-11,13,20H,12,14H2,(H,27,30)/t20-/m1/s1. The van der Waals surface area contributed by atoms with Crippen LogP contribution in [0.25, 0.3) is 0 Å². The van der Waals surface area contributed by atoms with E-state index in [1.165, 1.54) is 41.3 Å². The third-order valence-electron chi connectivity index (χ3n) is 4.99. The molecule has 1 aliphatic rings. The average Bonchev–Trinajstić information content (AvgIpc) is 3.01. The summed E-state index contributed by atoms with van der Waals surface area (Å²) in [5, 5.41) is 2.60. The minimum atomic E-state index is -1.08. The number of aromatic nitrogens is 1. The van der Waals surface area contributed by atoms with Crippen molar-refractivity contribution in [2.24, 2.45) is 0 Å². The van der Waals surface area contributed by atoms with Crippen molar-refractivity contribution in [3.05, 3.63) is 90.3 Å². The predicted octanol–water partition coefficient (Wildman–Crippen LogP) is 3.73. The summed E-state index contributed by atoms with van der Waals surface area (Å²) in [5.74, 6) is -2.06. The van der Waals surface area contributed by atoms with Crippen LogP contribution in [-0.2, 0) is 16.1 Å². The van der Waals surface area contributed by atoms with Crippen LogP contribution in [0.1, 0.15) is 12.0 Å². The molecular weight excluding hydrogens is 418 g/mol. The number of hydrogen-bond acceptors (Lipinski definition) is 4. The van der Waals surface area contributed by atoms with Gasteiger partial charge in [0.25, 0.3) is 5.91 Å². The number of rotatable bonds is 6. The Bertz CT molecular complexity index is 1140. The third kappa shape index (κ3) is 4.46. The van der Waals surface area contributed by atoms with Crippen molar-refractivity contribution in [1.82, 2.24) is 9.88 Å². The van der Waals surface area contributed by atoms with Gasteiger partial charge in [-0.1, -0.05) is 6.07 Å². The Balaban J connectivity index is 1.59. The fourth-order valence-corrected chi connectivity index (χ4v) is 3.45. The van der Waals surface area contributed by atoms with E-state index < -0.39 is 35.5 Å². The van der Waals surface area contributed by atoms with Gasteiger partial charge in [-0.25, -0.2) is 18.5 Å². The van der Waals surface area contributed by atoms with Gasteiger partial charge in [-0.2, -0.15) is 0 Å². The molecule has 7 nitrogen and oxygen atoms in total. The maximum absolute atomic E-state index is 13.3. The van der Waals surface area contributed by atoms with E-state index in [0.29, 0.717) is 11.3 Å². The summed E-state index contributed by atoms with van der Waals surface area (Å²) in [6, 6.07) is 11.9. The molecule has 162 valence electrons. The zero-order chi connectivity index (χ0) is 22.7. The van der Waals surface area contributed by atoms with Gasteiger partial charge in [-0.05, 0) is 60.2 Å². The van der Waals surface area contributed by atoms with Crippen molar-refractivity contribution in [3.63, 3.8) is 0 Å². The molecule has 1 aromatic heterocycles. The van der Waals surface area contributed by atoms with Gasteiger partial charge in [0.1, 0.15) is 17.7 Å². The van der Waals surface area contributed by atoms with Crippen molar-refractivity contribution in [3.8, 4) is 0 Å². The second-order valence-corrected chi connectivity index (χ2v) is 7.20. The smallest absolute Gasteiger partial charge is 0.326 e. The van der Waals surface area contributed by atoms with Crippen LogP contribution in [0.15, 0.2) is 73.1 Å². The first kappa shape index (κ1) is 21.1. The molecule has 1 saturated heterocycles. The van der Waals surface area contributed by atoms with Crippen LogP contribution < -0.4 is 10.2 Å². The van der Waals surface area contributed by atoms with Crippen LogP contribution >= 0.6 is 0 Å². The maximum Gasteiger partial charge on any atom is 0.332 e. The monoisotopic (exact) mass is 436 g/mol. The molecule has 0 unspecified atom stereocenters. The number of hydrogen-bond donors (Lipinski definition) is 1. The number of benzene rings is 2. The number of pyridine rings is 1. The molecule has 0 spiro atoms. The van der Waals surface area contributed by atoms with Crippen LogP contribution in [-0.4, -0.2) is 33.8 Å². The summed E-state index contributed by atoms with van der Waals surface area (Å²) >= 11 is 0. The highest BCUT2D eigenvalue weighted by atomic mass is 19.1. The molecule has 1 aliphatic heterocycles. The van der Waals surface area contributed by atoms with Crippen molar-refractivity contribution in [2.45, 2.75) is 19.0 Å². The van der Waals surface area contributed by atoms with Gasteiger partial charge in [0.15, 0.2) is 0 Å². The molecule has 2 aromatic carbocycles. The highest BCUT2D eigenvalue weighted by Crippen LogP contribution is 2.28. The van der Waals surface area contributed by atoms with Crippen LogP contribution in [0.5, 0.6) is 0 Å². The Morgan fingerprint density at radius 2 is 1.62 bits per heavy atom. The van der Waals surface area contributed by atoms with E-state index in [9.17, 15) is 23.2 Å². The van der Waals surface area contributed by atoms with Gasteiger partial charge in [-0.3, -0.25) is 14.6 Å². The second kappa shape index (κ2) is 8.93. The normalized spacial score (nSPS) is 15.9. The van der Waals surface area contributed by atoms with Gasteiger partial charge >= 0.3 is 6.03 Å². The summed E-state index contributed by atoms with van der Waals surface area (Å²) in [7, 11) is 0. The molecule has 2 heterocycles. The highest BCUT2D eigenvalue weighted by molar-refractivity contribution is 6.22. The number of amides is 4. The SMILES string of the molecule is O=C(C[C@@H]1C(=O)N(c2ccc(F)cc2)C(=O)N1Cc1cccnc1)Nc1ccc(F)cc1. The molecule has 0 saturated carbocycles. The molecule has 1 atom stereocenters. The quantitative estimate of drug-likeness (QED) is 0.597. The summed E-state index contributed by atoms with van der Waals surface area (Å²) in [6.45, 7) is 0.0601. The average molecular weight is 436 g/mol. The van der Waals surface area contributed by atoms with E-state index in [-0.39, 0.29) is 18.7 Å². The summed E-state index contributed by atoms with van der Waals surface area (Å²) in [5.41, 5.74) is 1.25. The lowest BCUT2D eigenvalue weighted by Crippen LogP contribution is -2.37. The topological polar surface area (TPSA) is 82.6 Å². The lowest BCUT2D eigenvalue weighted by Gasteiger charge is -2.21. The zero-order valence-electron chi connectivity index (χ0n) is 16.7. The molecule has 3 aromatic rings. The van der Waals surface area contributed by atoms with Gasteiger partial charge in [0.2, 0.25) is 5.91 Å². The van der Waals surface area contributed by atoms with Crippen LogP contribution in [0.4, 0.5) is 25.0 Å². The number of carbonyl (C=O) groups excluding carboxylic acids is 3. The number of carbonyl (C=O) groups is 3. The second-order valence-electron chi connectivity index (χ2n) is 7.20. The fourth-order valence-electron chi connectivity index (χ4n) is 3.45. The molecule has 0 bridgehead atoms. The first-order chi connectivity index (χ1) is 15.4. The Hall–Kier alpha value is -4.14. The number of anilines is 2. The fraction of sp³-hybridized carbons (Fsp3) is 0.130. The maximum atomic E-state index is 13.3. The number of imide groups is 1. The number of halogens is 2. The summed E-state index contributed by atoms with van der Waals surface area (Å²) in [6.07, 6.45) is 2.84. The van der Waals surface area contributed by atoms with E-state index in [4.69, 9.17) is 0 Å². The number of nitrogens with zero attached hydrogens (tertiary/aromatic N) is 3. The number of urea groups is 1. The van der Waals surface area contributed by atoms with Crippen LogP contribution in [0, 0.1) is 11.6 Å². The van der Waals surface area contributed by atoms with E-state index in [1.807, 2.05) is 0 Å². The molecule has 4 rings (SSSR count). The highest BCUT2D eigenvalue weighted by Gasteiger charge is 2.46. The molecule has 0 radical (unpaired) electrons. The largest absolute Gasteiger partial charge is 0.332 e. The zero-order valence-corrected chi connectivity index (χ0v) is 16.7. The molecular formula is C23H18F2N4O3. The predicted molar refractivity (Wildman–Crippen MR) is 112 cm³/mol. The molecule has 1 fully saturated rings. The lowest BCUT2D eigenvalue weighted by molar-refractivity contribution is -0.124. The number of nitrogens with one attached hydrogen (secondary N) is 1. The lowest BCUT2D eigenvalue weighted by atomic mass is 10.1. The third-order valence-corrected chi connectivity index (χ3v) is 4.99. The van der Waals surface area contributed by atoms with Crippen molar-refractivity contribution >= 4 is 29.2 Å². The molecule has 1 N–H and O–H groups in total. The van der Waals surface area contributed by atoms with Crippen molar-refractivity contribution < 1.29 is 23.2 Å². The Labute approximate surface area is 182 Å². The Kier molecular flexibility index (Phi) is 5.89. The first-order valence-electron chi connectivity index (χ1n) is 9.77. The molecule has 32 heavy (non-hydrogen) atoms. The van der Waals surface area contributed by atoms with Crippen LogP contribution in [0.3, 0.4) is 0 Å². The molecule has 4 amide bonds. The van der Waals surface area contributed by atoms with Crippen molar-refractivity contribution in [1.29, 1.82) is 0 Å². The Morgan fingerprint density at radius 1 is 0.969 bits per heavy atom. The summed E-state index contributed by atoms with van der Waals surface area (Å²) in [4.78, 5) is 45.2. The minimum absolute atomic E-state index is 0.0601. The first-order valence-corrected chi connectivity index (χ1v) is 9.77. The van der Waals surface area contributed by atoms with Gasteiger partial charge in [0, 0.05) is 24.6 Å². The van der Waals surface area contributed by atoms with Gasteiger partial charge in [-0.15, -0.1) is 0 Å². The van der Waals surface area contributed by atoms with Crippen LogP contribution in [0.2, 0.25) is 0 Å².